The molecule has 0 aromatic heterocycles. The Labute approximate surface area is 157 Å². The molecule has 1 unspecified atom stereocenters. The number of aryl methyl sites for hydroxylation is 1. The zero-order chi connectivity index (χ0) is 18.8. The predicted octanol–water partition coefficient (Wildman–Crippen LogP) is 3.38. The van der Waals surface area contributed by atoms with Gasteiger partial charge in [-0.25, -0.2) is 4.79 Å². The summed E-state index contributed by atoms with van der Waals surface area (Å²) in [6.07, 6.45) is 1.85. The topological polar surface area (TPSA) is 75.6 Å². The maximum atomic E-state index is 12.7. The minimum Gasteiger partial charge on any atom is -0.479 e. The van der Waals surface area contributed by atoms with Crippen molar-refractivity contribution in [2.24, 2.45) is 5.92 Å². The Hall–Kier alpha value is -1.40. The van der Waals surface area contributed by atoms with Crippen LogP contribution in [0.3, 0.4) is 0 Å². The summed E-state index contributed by atoms with van der Waals surface area (Å²) in [4.78, 5) is 24.7. The van der Waals surface area contributed by atoms with Crippen molar-refractivity contribution < 1.29 is 19.4 Å². The number of hydrogen-bond acceptors (Lipinski definition) is 3. The number of carbonyl (C=O) groups is 2. The second-order valence-corrected chi connectivity index (χ2v) is 7.86. The Morgan fingerprint density at radius 1 is 1.40 bits per heavy atom. The highest BCUT2D eigenvalue weighted by Crippen LogP contribution is 2.35. The molecular formula is C19H26BrNO4. The minimum atomic E-state index is -1.22. The highest BCUT2D eigenvalue weighted by molar-refractivity contribution is 9.10. The molecule has 1 fully saturated rings. The quantitative estimate of drug-likeness (QED) is 0.778. The van der Waals surface area contributed by atoms with Gasteiger partial charge < -0.3 is 15.2 Å². The third kappa shape index (κ3) is 4.06. The van der Waals surface area contributed by atoms with Crippen LogP contribution >= 0.6 is 15.9 Å². The summed E-state index contributed by atoms with van der Waals surface area (Å²) in [6, 6.07) is 3.91. The molecule has 0 saturated heterocycles. The van der Waals surface area contributed by atoms with Gasteiger partial charge in [0.25, 0.3) is 0 Å². The molecule has 6 heteroatoms. The number of amides is 1. The third-order valence-electron chi connectivity index (χ3n) is 5.50. The first kappa shape index (κ1) is 19.9. The van der Waals surface area contributed by atoms with E-state index in [1.54, 1.807) is 7.11 Å². The number of halogens is 1. The van der Waals surface area contributed by atoms with E-state index < -0.39 is 11.5 Å². The number of hydrogen-bond donors (Lipinski definition) is 2. The van der Waals surface area contributed by atoms with Gasteiger partial charge in [0.05, 0.1) is 12.5 Å². The standard InChI is InChI=1S/C19H26BrNO4/c1-11-5-6-16(20)13(3)15(11)10-17(22)21-19(18(23)24)8-7-14(25-4)9-12(19)2/h5-6,12,14H,7-10H2,1-4H3,(H,21,22)(H,23,24)/t12-,14?,19-/m0/s1. The van der Waals surface area contributed by atoms with E-state index in [0.29, 0.717) is 19.3 Å². The molecule has 1 amide bonds. The average Bonchev–Trinajstić information content (AvgIpc) is 2.56. The Kier molecular flexibility index (Phi) is 6.27. The number of benzene rings is 1. The SMILES string of the molecule is COC1CC[C@@](NC(=O)Cc2c(C)ccc(Br)c2C)(C(=O)O)[C@@H](C)C1. The highest BCUT2D eigenvalue weighted by Gasteiger charge is 2.48. The van der Waals surface area contributed by atoms with Crippen LogP contribution in [0.5, 0.6) is 0 Å². The Balaban J connectivity index is 2.20. The average molecular weight is 412 g/mol. The zero-order valence-corrected chi connectivity index (χ0v) is 16.8. The summed E-state index contributed by atoms with van der Waals surface area (Å²) in [7, 11) is 1.64. The lowest BCUT2D eigenvalue weighted by atomic mass is 9.72. The highest BCUT2D eigenvalue weighted by atomic mass is 79.9. The van der Waals surface area contributed by atoms with Crippen LogP contribution in [0.25, 0.3) is 0 Å². The molecule has 1 aliphatic carbocycles. The van der Waals surface area contributed by atoms with Crippen LogP contribution < -0.4 is 5.32 Å². The molecule has 25 heavy (non-hydrogen) atoms. The molecule has 2 N–H and O–H groups in total. The van der Waals surface area contributed by atoms with E-state index in [9.17, 15) is 14.7 Å². The molecule has 3 atom stereocenters. The molecule has 1 saturated carbocycles. The largest absolute Gasteiger partial charge is 0.479 e. The summed E-state index contributed by atoms with van der Waals surface area (Å²) >= 11 is 3.49. The molecule has 0 aliphatic heterocycles. The second kappa shape index (κ2) is 7.87. The minimum absolute atomic E-state index is 0.0499. The fraction of sp³-hybridized carbons (Fsp3) is 0.579. The molecule has 138 valence electrons. The molecule has 0 bridgehead atoms. The van der Waals surface area contributed by atoms with Gasteiger partial charge in [0, 0.05) is 11.6 Å². The van der Waals surface area contributed by atoms with Crippen LogP contribution in [0, 0.1) is 19.8 Å². The van der Waals surface area contributed by atoms with Crippen LogP contribution in [0.2, 0.25) is 0 Å². The Morgan fingerprint density at radius 2 is 2.08 bits per heavy atom. The molecule has 1 aromatic carbocycles. The number of ether oxygens (including phenoxy) is 1. The van der Waals surface area contributed by atoms with Crippen molar-refractivity contribution in [3.63, 3.8) is 0 Å². The Bertz CT molecular complexity index is 676. The summed E-state index contributed by atoms with van der Waals surface area (Å²) in [5.41, 5.74) is 1.75. The molecule has 0 radical (unpaired) electrons. The van der Waals surface area contributed by atoms with Crippen LogP contribution in [0.4, 0.5) is 0 Å². The van der Waals surface area contributed by atoms with Crippen molar-refractivity contribution in [2.45, 2.75) is 58.1 Å². The van der Waals surface area contributed by atoms with Crippen LogP contribution in [-0.4, -0.2) is 35.7 Å². The molecule has 2 rings (SSSR count). The number of methoxy groups -OCH3 is 1. The van der Waals surface area contributed by atoms with Crippen LogP contribution in [0.1, 0.15) is 42.9 Å². The number of nitrogens with one attached hydrogen (secondary N) is 1. The van der Waals surface area contributed by atoms with Crippen molar-refractivity contribution >= 4 is 27.8 Å². The lowest BCUT2D eigenvalue weighted by Crippen LogP contribution is -2.61. The van der Waals surface area contributed by atoms with Gasteiger partial charge >= 0.3 is 5.97 Å². The van der Waals surface area contributed by atoms with Gasteiger partial charge in [-0.15, -0.1) is 0 Å². The molecular weight excluding hydrogens is 386 g/mol. The van der Waals surface area contributed by atoms with E-state index >= 15 is 0 Å². The lowest BCUT2D eigenvalue weighted by Gasteiger charge is -2.42. The van der Waals surface area contributed by atoms with Gasteiger partial charge in [-0.3, -0.25) is 4.79 Å². The van der Waals surface area contributed by atoms with Gasteiger partial charge in [-0.1, -0.05) is 28.9 Å². The number of carboxylic acids is 1. The third-order valence-corrected chi connectivity index (χ3v) is 6.36. The van der Waals surface area contributed by atoms with E-state index in [1.807, 2.05) is 32.9 Å². The van der Waals surface area contributed by atoms with Crippen molar-refractivity contribution in [3.8, 4) is 0 Å². The smallest absolute Gasteiger partial charge is 0.329 e. The first-order valence-corrected chi connectivity index (χ1v) is 9.32. The maximum Gasteiger partial charge on any atom is 0.329 e. The van der Waals surface area contributed by atoms with Crippen molar-refractivity contribution in [3.05, 3.63) is 33.3 Å². The zero-order valence-electron chi connectivity index (χ0n) is 15.2. The first-order chi connectivity index (χ1) is 11.7. The van der Waals surface area contributed by atoms with E-state index in [0.717, 1.165) is 21.2 Å². The summed E-state index contributed by atoms with van der Waals surface area (Å²) < 4.78 is 6.32. The van der Waals surface area contributed by atoms with E-state index in [4.69, 9.17) is 4.74 Å². The van der Waals surface area contributed by atoms with Crippen molar-refractivity contribution in [1.82, 2.24) is 5.32 Å². The number of aliphatic carboxylic acids is 1. The fourth-order valence-corrected chi connectivity index (χ4v) is 4.08. The van der Waals surface area contributed by atoms with Gasteiger partial charge in [-0.05, 0) is 61.8 Å². The van der Waals surface area contributed by atoms with Gasteiger partial charge in [-0.2, -0.15) is 0 Å². The van der Waals surface area contributed by atoms with E-state index in [1.165, 1.54) is 0 Å². The number of carbonyl (C=O) groups excluding carboxylic acids is 1. The van der Waals surface area contributed by atoms with Crippen molar-refractivity contribution in [1.29, 1.82) is 0 Å². The predicted molar refractivity (Wildman–Crippen MR) is 99.6 cm³/mol. The number of carboxylic acid groups (broad SMARTS) is 1. The van der Waals surface area contributed by atoms with E-state index in [2.05, 4.69) is 21.2 Å². The monoisotopic (exact) mass is 411 g/mol. The van der Waals surface area contributed by atoms with E-state index in [-0.39, 0.29) is 24.3 Å². The summed E-state index contributed by atoms with van der Waals surface area (Å²) in [5, 5.41) is 12.7. The van der Waals surface area contributed by atoms with Crippen LogP contribution in [0.15, 0.2) is 16.6 Å². The van der Waals surface area contributed by atoms with Gasteiger partial charge in [0.15, 0.2) is 0 Å². The fourth-order valence-electron chi connectivity index (χ4n) is 3.71. The maximum absolute atomic E-state index is 12.7. The second-order valence-electron chi connectivity index (χ2n) is 7.00. The van der Waals surface area contributed by atoms with Crippen molar-refractivity contribution in [2.75, 3.05) is 7.11 Å². The van der Waals surface area contributed by atoms with Crippen LogP contribution in [-0.2, 0) is 20.7 Å². The lowest BCUT2D eigenvalue weighted by molar-refractivity contribution is -0.153. The molecule has 1 aliphatic rings. The first-order valence-electron chi connectivity index (χ1n) is 8.53. The summed E-state index contributed by atoms with van der Waals surface area (Å²) in [5.74, 6) is -1.42. The normalized spacial score (nSPS) is 26.3. The van der Waals surface area contributed by atoms with Gasteiger partial charge in [0.1, 0.15) is 5.54 Å². The Morgan fingerprint density at radius 3 is 2.64 bits per heavy atom. The molecule has 1 aromatic rings. The molecule has 0 heterocycles. The molecule has 5 nitrogen and oxygen atoms in total. The molecule has 0 spiro atoms. The van der Waals surface area contributed by atoms with Gasteiger partial charge in [0.2, 0.25) is 5.91 Å². The summed E-state index contributed by atoms with van der Waals surface area (Å²) in [6.45, 7) is 5.79. The number of rotatable bonds is 5.